The summed E-state index contributed by atoms with van der Waals surface area (Å²) in [7, 11) is 0. The van der Waals surface area contributed by atoms with Gasteiger partial charge in [0.05, 0.1) is 0 Å². The van der Waals surface area contributed by atoms with Crippen molar-refractivity contribution in [2.24, 2.45) is 0 Å². The fraction of sp³-hybridized carbons (Fsp3) is 1.00. The van der Waals surface area contributed by atoms with Crippen molar-refractivity contribution in [1.82, 2.24) is 0 Å². The van der Waals surface area contributed by atoms with Crippen LogP contribution in [0.1, 0.15) is 20.8 Å². The molecular weight excluding hydrogens is 279 g/mol. The predicted octanol–water partition coefficient (Wildman–Crippen LogP) is 1.46. The molecule has 4 heteroatoms. The van der Waals surface area contributed by atoms with E-state index in [4.69, 9.17) is 4.01 Å². The van der Waals surface area contributed by atoms with Crippen LogP contribution in [-0.4, -0.2) is 19.8 Å². The first-order valence-electron chi connectivity index (χ1n) is 3.40. The third-order valence-corrected chi connectivity index (χ3v) is 3.89. The van der Waals surface area contributed by atoms with Gasteiger partial charge in [0, 0.05) is 0 Å². The monoisotopic (exact) mass is 294 g/mol. The molecule has 0 aromatic heterocycles. The average molecular weight is 294 g/mol. The van der Waals surface area contributed by atoms with Crippen LogP contribution in [0.2, 0.25) is 0 Å². The second-order valence-electron chi connectivity index (χ2n) is 1.32. The van der Waals surface area contributed by atoms with E-state index in [1.165, 1.54) is 0 Å². The zero-order chi connectivity index (χ0) is 7.82. The summed E-state index contributed by atoms with van der Waals surface area (Å²) >= 11 is -1.99. The van der Waals surface area contributed by atoms with Crippen LogP contribution < -0.4 is 0 Å². The normalized spacial score (nSPS) is 11.7. The van der Waals surface area contributed by atoms with Crippen LogP contribution in [0.25, 0.3) is 0 Å². The van der Waals surface area contributed by atoms with Gasteiger partial charge in [0.1, 0.15) is 0 Å². The zero-order valence-corrected chi connectivity index (χ0v) is 8.82. The fourth-order valence-corrected chi connectivity index (χ4v) is 2.37. The zero-order valence-electron chi connectivity index (χ0n) is 6.68. The molecule has 0 aromatic carbocycles. The minimum atomic E-state index is -1.99. The quantitative estimate of drug-likeness (QED) is 0.742. The van der Waals surface area contributed by atoms with E-state index >= 15 is 0 Å². The Labute approximate surface area is 78.3 Å². The van der Waals surface area contributed by atoms with Crippen molar-refractivity contribution >= 4 is 0 Å². The molecule has 0 bridgehead atoms. The Morgan fingerprint density at radius 1 is 0.800 bits per heavy atom. The summed E-state index contributed by atoms with van der Waals surface area (Å²) in [5, 5.41) is 0. The van der Waals surface area contributed by atoms with E-state index in [1.807, 2.05) is 20.8 Å². The van der Waals surface area contributed by atoms with Gasteiger partial charge in [-0.05, 0) is 0 Å². The van der Waals surface area contributed by atoms with Gasteiger partial charge < -0.3 is 0 Å². The number of rotatable bonds is 6. The summed E-state index contributed by atoms with van der Waals surface area (Å²) in [6.07, 6.45) is 0. The second kappa shape index (κ2) is 8.26. The van der Waals surface area contributed by atoms with Crippen molar-refractivity contribution in [1.29, 1.82) is 0 Å². The van der Waals surface area contributed by atoms with E-state index in [-0.39, 0.29) is 0 Å². The van der Waals surface area contributed by atoms with Crippen molar-refractivity contribution in [3.05, 3.63) is 0 Å². The summed E-state index contributed by atoms with van der Waals surface area (Å²) in [5.41, 5.74) is 0. The van der Waals surface area contributed by atoms with Crippen molar-refractivity contribution < 1.29 is 38.4 Å². The SMILES string of the molecule is CC[O][Tb]([O]CC)[O]CC. The molecule has 0 aliphatic heterocycles. The molecule has 0 atom stereocenters. The van der Waals surface area contributed by atoms with E-state index in [0.29, 0.717) is 19.8 Å². The molecule has 0 fully saturated rings. The van der Waals surface area contributed by atoms with Gasteiger partial charge in [0.25, 0.3) is 0 Å². The second-order valence-corrected chi connectivity index (χ2v) is 4.24. The molecule has 0 saturated carbocycles. The van der Waals surface area contributed by atoms with Gasteiger partial charge in [0.15, 0.2) is 0 Å². The fourth-order valence-electron chi connectivity index (χ4n) is 0.319. The number of hydrogen-bond donors (Lipinski definition) is 0. The van der Waals surface area contributed by atoms with Gasteiger partial charge in [-0.15, -0.1) is 0 Å². The Balaban J connectivity index is 3.30. The first kappa shape index (κ1) is 11.2. The van der Waals surface area contributed by atoms with E-state index in [0.717, 1.165) is 0 Å². The van der Waals surface area contributed by atoms with Crippen LogP contribution in [0.15, 0.2) is 0 Å². The van der Waals surface area contributed by atoms with Gasteiger partial charge in [0.2, 0.25) is 0 Å². The molecule has 0 saturated heterocycles. The van der Waals surface area contributed by atoms with Crippen LogP contribution in [0.3, 0.4) is 0 Å². The van der Waals surface area contributed by atoms with Crippen molar-refractivity contribution in [3.63, 3.8) is 0 Å². The molecule has 0 N–H and O–H groups in total. The van der Waals surface area contributed by atoms with Gasteiger partial charge in [-0.3, -0.25) is 0 Å². The molecule has 0 radical (unpaired) electrons. The third-order valence-electron chi connectivity index (χ3n) is 0.524. The molecule has 0 aliphatic carbocycles. The van der Waals surface area contributed by atoms with E-state index in [2.05, 4.69) is 0 Å². The van der Waals surface area contributed by atoms with E-state index < -0.39 is 34.4 Å². The maximum atomic E-state index is 5.24. The molecule has 0 aliphatic rings. The van der Waals surface area contributed by atoms with Crippen LogP contribution in [-0.2, 0) is 4.01 Å². The minimum absolute atomic E-state index is 0.690. The summed E-state index contributed by atoms with van der Waals surface area (Å²) < 4.78 is 15.7. The van der Waals surface area contributed by atoms with Gasteiger partial charge in [-0.1, -0.05) is 0 Å². The maximum absolute atomic E-state index is 5.24. The molecule has 0 rings (SSSR count). The van der Waals surface area contributed by atoms with Crippen LogP contribution in [0.4, 0.5) is 0 Å². The molecule has 0 unspecified atom stereocenters. The van der Waals surface area contributed by atoms with E-state index in [9.17, 15) is 0 Å². The summed E-state index contributed by atoms with van der Waals surface area (Å²) in [6.45, 7) is 7.92. The standard InChI is InChI=1S/3C2H5O.Tb/c3*1-2-3;/h3*2H2,1H3;/q3*-1;+3. The van der Waals surface area contributed by atoms with Crippen molar-refractivity contribution in [2.45, 2.75) is 20.8 Å². The number of hydrogen-bond acceptors (Lipinski definition) is 3. The van der Waals surface area contributed by atoms with Crippen LogP contribution in [0.5, 0.6) is 0 Å². The molecule has 0 aromatic rings. The van der Waals surface area contributed by atoms with Gasteiger partial charge in [-0.2, -0.15) is 0 Å². The molecule has 66 valence electrons. The van der Waals surface area contributed by atoms with Gasteiger partial charge in [-0.25, -0.2) is 0 Å². The van der Waals surface area contributed by atoms with Crippen LogP contribution in [0, 0.1) is 34.4 Å². The summed E-state index contributed by atoms with van der Waals surface area (Å²) in [4.78, 5) is 0. The van der Waals surface area contributed by atoms with E-state index in [1.54, 1.807) is 0 Å². The molecule has 10 heavy (non-hydrogen) atoms. The molecule has 0 spiro atoms. The summed E-state index contributed by atoms with van der Waals surface area (Å²) in [5.74, 6) is 0. The van der Waals surface area contributed by atoms with Gasteiger partial charge >= 0.3 is 79.0 Å². The molecule has 0 amide bonds. The third kappa shape index (κ3) is 5.91. The Bertz CT molecular complexity index is 55.7. The Kier molecular flexibility index (Phi) is 9.23. The Morgan fingerprint density at radius 3 is 1.30 bits per heavy atom. The average Bonchev–Trinajstić information content (AvgIpc) is 1.90. The molecule has 0 heterocycles. The Morgan fingerprint density at radius 2 is 1.10 bits per heavy atom. The molecular formula is C6H15O3Tb. The van der Waals surface area contributed by atoms with Crippen molar-refractivity contribution in [3.8, 4) is 0 Å². The van der Waals surface area contributed by atoms with Crippen molar-refractivity contribution in [2.75, 3.05) is 19.8 Å². The summed E-state index contributed by atoms with van der Waals surface area (Å²) in [6, 6.07) is 0. The van der Waals surface area contributed by atoms with Crippen LogP contribution >= 0.6 is 0 Å². The topological polar surface area (TPSA) is 27.7 Å². The molecule has 3 nitrogen and oxygen atoms in total. The first-order valence-corrected chi connectivity index (χ1v) is 6.01. The Hall–Kier alpha value is 1.17. The first-order chi connectivity index (χ1) is 4.85. The predicted molar refractivity (Wildman–Crippen MR) is 34.9 cm³/mol.